The van der Waals surface area contributed by atoms with E-state index in [-0.39, 0.29) is 22.3 Å². The number of halogens is 1. The molecule has 0 aliphatic heterocycles. The van der Waals surface area contributed by atoms with Crippen LogP contribution < -0.4 is 5.32 Å². The summed E-state index contributed by atoms with van der Waals surface area (Å²) in [6, 6.07) is 10.4. The van der Waals surface area contributed by atoms with Gasteiger partial charge in [-0.3, -0.25) is 0 Å². The number of carboxylic acid groups (broad SMARTS) is 1. The monoisotopic (exact) mass is 638 g/mol. The van der Waals surface area contributed by atoms with Crippen molar-refractivity contribution in [1.82, 2.24) is 23.8 Å². The van der Waals surface area contributed by atoms with Crippen molar-refractivity contribution >= 4 is 44.4 Å². The molecule has 10 nitrogen and oxygen atoms in total. The third-order valence-corrected chi connectivity index (χ3v) is 10.1. The maximum absolute atomic E-state index is 14.1. The van der Waals surface area contributed by atoms with E-state index in [0.29, 0.717) is 52.9 Å². The number of nitrogens with zero attached hydrogens (tertiary/aromatic N) is 5. The second kappa shape index (κ2) is 12.4. The molecule has 1 aliphatic rings. The average Bonchev–Trinajstić information content (AvgIpc) is 3.33. The molecule has 0 radical (unpaired) electrons. The Morgan fingerprint density at radius 2 is 1.80 bits per heavy atom. The zero-order valence-electron chi connectivity index (χ0n) is 25.7. The lowest BCUT2D eigenvalue weighted by atomic mass is 9.87. The van der Waals surface area contributed by atoms with Crippen LogP contribution in [0.1, 0.15) is 71.1 Å². The quantitative estimate of drug-likeness (QED) is 0.195. The Morgan fingerprint density at radius 1 is 1.11 bits per heavy atom. The van der Waals surface area contributed by atoms with E-state index in [2.05, 4.69) is 15.3 Å². The number of aromatic nitrogens is 4. The number of aryl methyl sites for hydroxylation is 2. The first-order valence-corrected chi connectivity index (χ1v) is 16.8. The SMILES string of the molecule is CCCc1cc2c(N[C@H]3CC[C@H](N(C(=O)O)C(C)(C)C)CC3)c(-c3ccnc(Cl)n3)cnc2n1S(=O)(=O)c1ccc(C)cc1. The molecule has 12 heteroatoms. The smallest absolute Gasteiger partial charge is 0.407 e. The molecule has 1 fully saturated rings. The highest BCUT2D eigenvalue weighted by atomic mass is 35.5. The van der Waals surface area contributed by atoms with Gasteiger partial charge in [-0.25, -0.2) is 32.1 Å². The molecular formula is C32H39ClN6O4S. The standard InChI is InChI=1S/C32H39ClN6O4S/c1-6-7-23-18-25-28(36-21-10-12-22(13-11-21)38(31(40)41)32(3,4)5)26(27-16-17-34-30(33)37-27)19-35-29(25)39(23)44(42,43)24-14-8-20(2)9-15-24/h8-9,14-19,21-22H,6-7,10-13H2,1-5H3,(H,35,36)(H,40,41)/t21-,22-. The van der Waals surface area contributed by atoms with Gasteiger partial charge >= 0.3 is 6.09 Å². The van der Waals surface area contributed by atoms with Crippen LogP contribution in [0.15, 0.2) is 53.7 Å². The highest BCUT2D eigenvalue weighted by Crippen LogP contribution is 2.39. The van der Waals surface area contributed by atoms with E-state index in [4.69, 9.17) is 16.6 Å². The van der Waals surface area contributed by atoms with Crippen LogP contribution in [0, 0.1) is 6.92 Å². The van der Waals surface area contributed by atoms with Crippen molar-refractivity contribution in [3.8, 4) is 11.3 Å². The van der Waals surface area contributed by atoms with Gasteiger partial charge in [-0.05, 0) is 95.7 Å². The highest BCUT2D eigenvalue weighted by Gasteiger charge is 2.36. The minimum absolute atomic E-state index is 0.0233. The van der Waals surface area contributed by atoms with Crippen LogP contribution in [0.25, 0.3) is 22.3 Å². The van der Waals surface area contributed by atoms with Crippen molar-refractivity contribution in [2.45, 2.75) is 95.7 Å². The van der Waals surface area contributed by atoms with E-state index >= 15 is 0 Å². The van der Waals surface area contributed by atoms with Crippen LogP contribution in [-0.2, 0) is 16.4 Å². The molecule has 0 atom stereocenters. The van der Waals surface area contributed by atoms with Crippen LogP contribution in [-0.4, -0.2) is 61.1 Å². The summed E-state index contributed by atoms with van der Waals surface area (Å²) < 4.78 is 29.5. The van der Waals surface area contributed by atoms with Crippen LogP contribution in [0.4, 0.5) is 10.5 Å². The molecule has 0 unspecified atom stereocenters. The maximum atomic E-state index is 14.1. The largest absolute Gasteiger partial charge is 0.465 e. The number of fused-ring (bicyclic) bond motifs is 1. The summed E-state index contributed by atoms with van der Waals surface area (Å²) in [4.78, 5) is 27.0. The minimum atomic E-state index is -3.95. The maximum Gasteiger partial charge on any atom is 0.407 e. The summed E-state index contributed by atoms with van der Waals surface area (Å²) in [6.07, 6.45) is 6.47. The topological polar surface area (TPSA) is 130 Å². The van der Waals surface area contributed by atoms with E-state index in [1.807, 2.05) is 40.7 Å². The number of hydrogen-bond donors (Lipinski definition) is 2. The predicted octanol–water partition coefficient (Wildman–Crippen LogP) is 7.15. The number of amides is 1. The van der Waals surface area contributed by atoms with Gasteiger partial charge in [0.1, 0.15) is 0 Å². The predicted molar refractivity (Wildman–Crippen MR) is 173 cm³/mol. The zero-order valence-corrected chi connectivity index (χ0v) is 27.3. The van der Waals surface area contributed by atoms with Gasteiger partial charge in [0, 0.05) is 46.7 Å². The Morgan fingerprint density at radius 3 is 2.39 bits per heavy atom. The fourth-order valence-electron chi connectivity index (χ4n) is 6.20. The molecule has 2 N–H and O–H groups in total. The summed E-state index contributed by atoms with van der Waals surface area (Å²) in [5.74, 6) is 0. The molecule has 1 amide bonds. The van der Waals surface area contributed by atoms with E-state index in [9.17, 15) is 18.3 Å². The number of benzene rings is 1. The number of carbonyl (C=O) groups is 1. The lowest BCUT2D eigenvalue weighted by Crippen LogP contribution is -2.52. The molecule has 4 aromatic rings. The van der Waals surface area contributed by atoms with Crippen LogP contribution in [0.2, 0.25) is 5.28 Å². The average molecular weight is 639 g/mol. The molecule has 1 aliphatic carbocycles. The van der Waals surface area contributed by atoms with E-state index < -0.39 is 21.7 Å². The van der Waals surface area contributed by atoms with Gasteiger partial charge in [-0.2, -0.15) is 0 Å². The van der Waals surface area contributed by atoms with Crippen LogP contribution in [0.5, 0.6) is 0 Å². The third kappa shape index (κ3) is 6.25. The van der Waals surface area contributed by atoms with Crippen molar-refractivity contribution in [3.63, 3.8) is 0 Å². The van der Waals surface area contributed by atoms with Crippen molar-refractivity contribution < 1.29 is 18.3 Å². The lowest BCUT2D eigenvalue weighted by molar-refractivity contribution is 0.0557. The molecule has 1 saturated carbocycles. The van der Waals surface area contributed by atoms with Crippen molar-refractivity contribution in [3.05, 3.63) is 65.3 Å². The van der Waals surface area contributed by atoms with Crippen molar-refractivity contribution in [2.24, 2.45) is 0 Å². The molecule has 0 saturated heterocycles. The molecule has 3 aromatic heterocycles. The van der Waals surface area contributed by atoms with Gasteiger partial charge in [0.25, 0.3) is 10.0 Å². The number of hydrogen-bond acceptors (Lipinski definition) is 7. The Labute approximate surface area is 263 Å². The Bertz CT molecular complexity index is 1780. The van der Waals surface area contributed by atoms with Gasteiger partial charge in [-0.1, -0.05) is 31.0 Å². The molecule has 0 bridgehead atoms. The van der Waals surface area contributed by atoms with Gasteiger partial charge in [0.2, 0.25) is 5.28 Å². The first kappa shape index (κ1) is 31.7. The molecule has 0 spiro atoms. The zero-order chi connectivity index (χ0) is 31.8. The van der Waals surface area contributed by atoms with Gasteiger partial charge in [0.05, 0.1) is 16.3 Å². The summed E-state index contributed by atoms with van der Waals surface area (Å²) >= 11 is 6.18. The fourth-order valence-corrected chi connectivity index (χ4v) is 7.86. The van der Waals surface area contributed by atoms with E-state index in [0.717, 1.165) is 24.8 Å². The first-order valence-electron chi connectivity index (χ1n) is 14.9. The number of rotatable bonds is 8. The van der Waals surface area contributed by atoms with Gasteiger partial charge in [-0.15, -0.1) is 0 Å². The molecule has 1 aromatic carbocycles. The lowest BCUT2D eigenvalue weighted by Gasteiger charge is -2.43. The van der Waals surface area contributed by atoms with Gasteiger partial charge < -0.3 is 15.3 Å². The Balaban J connectivity index is 1.60. The van der Waals surface area contributed by atoms with E-state index in [1.165, 1.54) is 3.97 Å². The number of anilines is 1. The minimum Gasteiger partial charge on any atom is -0.465 e. The molecule has 234 valence electrons. The Hall–Kier alpha value is -3.70. The second-order valence-corrected chi connectivity index (χ2v) is 14.6. The third-order valence-electron chi connectivity index (χ3n) is 8.17. The summed E-state index contributed by atoms with van der Waals surface area (Å²) in [5.41, 5.74) is 3.40. The fraction of sp³-hybridized carbons (Fsp3) is 0.438. The van der Waals surface area contributed by atoms with Crippen LogP contribution in [0.3, 0.4) is 0 Å². The normalized spacial score (nSPS) is 17.5. The molecule has 5 rings (SSSR count). The number of pyridine rings is 1. The second-order valence-electron chi connectivity index (χ2n) is 12.4. The highest BCUT2D eigenvalue weighted by molar-refractivity contribution is 7.90. The van der Waals surface area contributed by atoms with E-state index in [1.54, 1.807) is 47.6 Å². The van der Waals surface area contributed by atoms with Crippen LogP contribution >= 0.6 is 11.6 Å². The Kier molecular flexibility index (Phi) is 8.91. The molecule has 44 heavy (non-hydrogen) atoms. The van der Waals surface area contributed by atoms with Crippen molar-refractivity contribution in [2.75, 3.05) is 5.32 Å². The van der Waals surface area contributed by atoms with Crippen molar-refractivity contribution in [1.29, 1.82) is 0 Å². The van der Waals surface area contributed by atoms with Gasteiger partial charge in [0.15, 0.2) is 5.65 Å². The summed E-state index contributed by atoms with van der Waals surface area (Å²) in [7, 11) is -3.95. The number of nitrogens with one attached hydrogen (secondary N) is 1. The summed E-state index contributed by atoms with van der Waals surface area (Å²) in [5, 5.41) is 14.4. The summed E-state index contributed by atoms with van der Waals surface area (Å²) in [6.45, 7) is 9.68. The molecular weight excluding hydrogens is 600 g/mol. The first-order chi connectivity index (χ1) is 20.8. The molecule has 3 heterocycles.